The number of carbonyl (C=O) groups is 2. The molecule has 2 heterocycles. The Morgan fingerprint density at radius 1 is 0.968 bits per heavy atom. The molecule has 0 aromatic heterocycles. The molecule has 3 atom stereocenters. The molecule has 31 heavy (non-hydrogen) atoms. The minimum atomic E-state index is -0.0530. The van der Waals surface area contributed by atoms with E-state index in [1.165, 1.54) is 0 Å². The van der Waals surface area contributed by atoms with Gasteiger partial charge in [0.2, 0.25) is 5.91 Å². The minimum Gasteiger partial charge on any atom is -0.378 e. The molecule has 0 aliphatic carbocycles. The number of rotatable bonds is 19. The third kappa shape index (κ3) is 11.4. The zero-order valence-corrected chi connectivity index (χ0v) is 19.1. The van der Waals surface area contributed by atoms with Crippen molar-refractivity contribution in [3.05, 3.63) is 0 Å². The number of hydrogen-bond acceptors (Lipinski definition) is 8. The summed E-state index contributed by atoms with van der Waals surface area (Å²) in [7, 11) is 0. The second kappa shape index (κ2) is 16.5. The molecular formula is C20H38N4O6S. The van der Waals surface area contributed by atoms with E-state index in [2.05, 4.69) is 16.0 Å². The minimum absolute atomic E-state index is 0.0530. The van der Waals surface area contributed by atoms with Gasteiger partial charge in [-0.1, -0.05) is 6.42 Å². The zero-order valence-electron chi connectivity index (χ0n) is 18.3. The van der Waals surface area contributed by atoms with Crippen LogP contribution in [-0.2, 0) is 23.7 Å². The number of thioether (sulfide) groups is 1. The quantitative estimate of drug-likeness (QED) is 0.154. The van der Waals surface area contributed by atoms with Gasteiger partial charge in [-0.25, -0.2) is 4.79 Å². The van der Waals surface area contributed by atoms with E-state index < -0.39 is 0 Å². The molecule has 0 bridgehead atoms. The first-order chi connectivity index (χ1) is 15.2. The summed E-state index contributed by atoms with van der Waals surface area (Å²) >= 11 is 1.91. The Bertz CT molecular complexity index is 516. The normalized spacial score (nSPS) is 22.2. The number of carbonyl (C=O) groups excluding carboxylic acids is 2. The van der Waals surface area contributed by atoms with Crippen LogP contribution < -0.4 is 21.7 Å². The first-order valence-electron chi connectivity index (χ1n) is 11.2. The fourth-order valence-electron chi connectivity index (χ4n) is 3.47. The molecule has 2 aliphatic heterocycles. The second-order valence-electron chi connectivity index (χ2n) is 7.46. The largest absolute Gasteiger partial charge is 0.378 e. The van der Waals surface area contributed by atoms with Crippen LogP contribution in [-0.4, -0.2) is 101 Å². The number of amides is 3. The molecule has 11 heteroatoms. The van der Waals surface area contributed by atoms with Gasteiger partial charge in [0.1, 0.15) is 0 Å². The average molecular weight is 463 g/mol. The lowest BCUT2D eigenvalue weighted by Crippen LogP contribution is -2.36. The lowest BCUT2D eigenvalue weighted by Gasteiger charge is -2.16. The van der Waals surface area contributed by atoms with Crippen molar-refractivity contribution < 1.29 is 28.5 Å². The van der Waals surface area contributed by atoms with Gasteiger partial charge in [0.25, 0.3) is 0 Å². The highest BCUT2D eigenvalue weighted by Crippen LogP contribution is 2.33. The summed E-state index contributed by atoms with van der Waals surface area (Å²) in [4.78, 5) is 23.3. The highest BCUT2D eigenvalue weighted by Gasteiger charge is 2.42. The number of fused-ring (bicyclic) bond motifs is 1. The predicted molar refractivity (Wildman–Crippen MR) is 119 cm³/mol. The molecule has 0 unspecified atom stereocenters. The van der Waals surface area contributed by atoms with E-state index in [4.69, 9.17) is 24.7 Å². The van der Waals surface area contributed by atoms with Crippen molar-refractivity contribution in [1.29, 1.82) is 0 Å². The predicted octanol–water partition coefficient (Wildman–Crippen LogP) is -0.146. The van der Waals surface area contributed by atoms with E-state index in [0.717, 1.165) is 25.0 Å². The van der Waals surface area contributed by atoms with Crippen LogP contribution in [0.15, 0.2) is 0 Å². The first-order valence-corrected chi connectivity index (χ1v) is 12.2. The van der Waals surface area contributed by atoms with Gasteiger partial charge in [-0.3, -0.25) is 4.79 Å². The topological polar surface area (TPSA) is 133 Å². The van der Waals surface area contributed by atoms with Crippen molar-refractivity contribution in [3.63, 3.8) is 0 Å². The number of urea groups is 1. The number of unbranched alkanes of at least 4 members (excludes halogenated alkanes) is 1. The highest BCUT2D eigenvalue weighted by molar-refractivity contribution is 8.00. The molecule has 0 spiro atoms. The maximum absolute atomic E-state index is 11.9. The van der Waals surface area contributed by atoms with Crippen LogP contribution >= 0.6 is 11.8 Å². The zero-order chi connectivity index (χ0) is 22.2. The average Bonchev–Trinajstić information content (AvgIpc) is 3.30. The summed E-state index contributed by atoms with van der Waals surface area (Å²) in [6, 6.07) is 0.444. The van der Waals surface area contributed by atoms with Crippen LogP contribution in [0.5, 0.6) is 0 Å². The Morgan fingerprint density at radius 2 is 1.61 bits per heavy atom. The summed E-state index contributed by atoms with van der Waals surface area (Å²) in [6.07, 6.45) is 3.40. The Kier molecular flexibility index (Phi) is 13.9. The van der Waals surface area contributed by atoms with E-state index in [1.54, 1.807) is 0 Å². The summed E-state index contributed by atoms with van der Waals surface area (Å²) in [6.45, 7) is 5.16. The van der Waals surface area contributed by atoms with Gasteiger partial charge in [-0.15, -0.1) is 0 Å². The van der Waals surface area contributed by atoms with Crippen LogP contribution in [0, 0.1) is 0 Å². The van der Waals surface area contributed by atoms with E-state index in [1.807, 2.05) is 11.8 Å². The Morgan fingerprint density at radius 3 is 2.29 bits per heavy atom. The van der Waals surface area contributed by atoms with E-state index in [9.17, 15) is 9.59 Å². The SMILES string of the molecule is NCCOCCOCCOCCOCCNC(=O)CCCC[C@@H]1SC[C@H]2NC(=O)N[C@@H]12. The molecule has 180 valence electrons. The van der Waals surface area contributed by atoms with Crippen LogP contribution in [0.1, 0.15) is 25.7 Å². The summed E-state index contributed by atoms with van der Waals surface area (Å²) in [5.74, 6) is 1.03. The molecule has 0 aromatic carbocycles. The van der Waals surface area contributed by atoms with Gasteiger partial charge in [0, 0.05) is 30.5 Å². The van der Waals surface area contributed by atoms with Crippen molar-refractivity contribution in [3.8, 4) is 0 Å². The van der Waals surface area contributed by atoms with Crippen LogP contribution in [0.2, 0.25) is 0 Å². The standard InChI is InChI=1S/C20H38N4O6S/c21-5-7-27-9-11-29-13-14-30-12-10-28-8-6-22-18(25)4-2-1-3-17-19-16(15-31-17)23-20(26)24-19/h16-17,19H,1-15,21H2,(H,22,25)(H2,23,24,26)/t16-,17+,19-/m1/s1. The van der Waals surface area contributed by atoms with Gasteiger partial charge >= 0.3 is 6.03 Å². The smallest absolute Gasteiger partial charge is 0.315 e. The fraction of sp³-hybridized carbons (Fsp3) is 0.900. The molecule has 0 saturated carbocycles. The van der Waals surface area contributed by atoms with Crippen molar-refractivity contribution in [2.75, 3.05) is 71.7 Å². The van der Waals surface area contributed by atoms with E-state index >= 15 is 0 Å². The van der Waals surface area contributed by atoms with Gasteiger partial charge < -0.3 is 40.6 Å². The lowest BCUT2D eigenvalue weighted by molar-refractivity contribution is -0.121. The van der Waals surface area contributed by atoms with E-state index in [-0.39, 0.29) is 24.0 Å². The first kappa shape index (κ1) is 26.1. The maximum Gasteiger partial charge on any atom is 0.315 e. The Hall–Kier alpha value is -1.11. The summed E-state index contributed by atoms with van der Waals surface area (Å²) < 4.78 is 21.4. The second-order valence-corrected chi connectivity index (χ2v) is 8.73. The molecular weight excluding hydrogens is 424 g/mol. The van der Waals surface area contributed by atoms with Crippen molar-refractivity contribution in [2.45, 2.75) is 43.0 Å². The molecule has 10 nitrogen and oxygen atoms in total. The number of nitrogens with one attached hydrogen (secondary N) is 3. The van der Waals surface area contributed by atoms with Gasteiger partial charge in [0.15, 0.2) is 0 Å². The highest BCUT2D eigenvalue weighted by atomic mass is 32.2. The number of hydrogen-bond donors (Lipinski definition) is 4. The summed E-state index contributed by atoms with van der Waals surface area (Å²) in [5.41, 5.74) is 5.31. The van der Waals surface area contributed by atoms with Crippen molar-refractivity contribution in [1.82, 2.24) is 16.0 Å². The summed E-state index contributed by atoms with van der Waals surface area (Å²) in [5, 5.41) is 9.27. The molecule has 0 aromatic rings. The maximum atomic E-state index is 11.9. The van der Waals surface area contributed by atoms with Gasteiger partial charge in [-0.2, -0.15) is 11.8 Å². The molecule has 2 rings (SSSR count). The van der Waals surface area contributed by atoms with Crippen LogP contribution in [0.3, 0.4) is 0 Å². The van der Waals surface area contributed by atoms with Crippen LogP contribution in [0.4, 0.5) is 4.79 Å². The molecule has 5 N–H and O–H groups in total. The fourth-order valence-corrected chi connectivity index (χ4v) is 5.01. The molecule has 0 radical (unpaired) electrons. The molecule has 3 amide bonds. The van der Waals surface area contributed by atoms with Gasteiger partial charge in [-0.05, 0) is 12.8 Å². The van der Waals surface area contributed by atoms with Crippen molar-refractivity contribution >= 4 is 23.7 Å². The van der Waals surface area contributed by atoms with Crippen molar-refractivity contribution in [2.24, 2.45) is 5.73 Å². The monoisotopic (exact) mass is 462 g/mol. The third-order valence-electron chi connectivity index (χ3n) is 5.03. The Labute approximate surface area is 189 Å². The molecule has 2 fully saturated rings. The third-order valence-corrected chi connectivity index (χ3v) is 6.54. The number of nitrogens with two attached hydrogens (primary N) is 1. The van der Waals surface area contributed by atoms with E-state index in [0.29, 0.717) is 77.6 Å². The Balaban J connectivity index is 1.30. The number of ether oxygens (including phenoxy) is 4. The lowest BCUT2D eigenvalue weighted by atomic mass is 10.0. The molecule has 2 aliphatic rings. The van der Waals surface area contributed by atoms with Crippen LogP contribution in [0.25, 0.3) is 0 Å². The van der Waals surface area contributed by atoms with Gasteiger partial charge in [0.05, 0.1) is 64.9 Å². The molecule has 2 saturated heterocycles.